The summed E-state index contributed by atoms with van der Waals surface area (Å²) >= 11 is 0. The lowest BCUT2D eigenvalue weighted by Gasteiger charge is -2.14. The summed E-state index contributed by atoms with van der Waals surface area (Å²) in [6, 6.07) is 8.73. The molecule has 8 heteroatoms. The molecule has 0 amide bonds. The molecule has 1 aliphatic rings. The van der Waals surface area contributed by atoms with Gasteiger partial charge in [-0.2, -0.15) is 13.2 Å². The van der Waals surface area contributed by atoms with Gasteiger partial charge in [0.1, 0.15) is 12.4 Å². The van der Waals surface area contributed by atoms with Crippen molar-refractivity contribution in [2.45, 2.75) is 25.1 Å². The third-order valence-electron chi connectivity index (χ3n) is 4.69. The molecule has 1 fully saturated rings. The predicted octanol–water partition coefficient (Wildman–Crippen LogP) is 4.82. The van der Waals surface area contributed by atoms with Gasteiger partial charge < -0.3 is 19.2 Å². The van der Waals surface area contributed by atoms with E-state index in [4.69, 9.17) is 14.2 Å². The molecule has 2 heterocycles. The van der Waals surface area contributed by atoms with E-state index >= 15 is 0 Å². The van der Waals surface area contributed by atoms with Gasteiger partial charge in [-0.15, -0.1) is 0 Å². The normalized spacial score (nSPS) is 17.2. The van der Waals surface area contributed by atoms with Crippen molar-refractivity contribution >= 4 is 11.0 Å². The Morgan fingerprint density at radius 1 is 1.18 bits per heavy atom. The number of nitrogens with one attached hydrogen (secondary N) is 1. The number of nitrogens with zero attached hydrogens (tertiary/aromatic N) is 1. The summed E-state index contributed by atoms with van der Waals surface area (Å²) in [7, 11) is 1.53. The Balaban J connectivity index is 1.59. The van der Waals surface area contributed by atoms with Crippen molar-refractivity contribution in [1.29, 1.82) is 0 Å². The molecule has 1 aromatic heterocycles. The van der Waals surface area contributed by atoms with Gasteiger partial charge in [-0.1, -0.05) is 0 Å². The van der Waals surface area contributed by atoms with Crippen molar-refractivity contribution in [1.82, 2.24) is 9.97 Å². The maximum Gasteiger partial charge on any atom is 0.416 e. The third-order valence-corrected chi connectivity index (χ3v) is 4.69. The monoisotopic (exact) mass is 392 g/mol. The number of ether oxygens (including phenoxy) is 3. The first-order valence-electron chi connectivity index (χ1n) is 8.94. The number of rotatable bonds is 5. The number of hydrogen-bond donors (Lipinski definition) is 1. The van der Waals surface area contributed by atoms with Crippen LogP contribution < -0.4 is 9.47 Å². The van der Waals surface area contributed by atoms with Crippen LogP contribution in [-0.4, -0.2) is 36.4 Å². The average molecular weight is 392 g/mol. The van der Waals surface area contributed by atoms with Crippen molar-refractivity contribution in [2.75, 3.05) is 20.3 Å². The Bertz CT molecular complexity index is 978. The lowest BCUT2D eigenvalue weighted by molar-refractivity contribution is -0.137. The number of alkyl halides is 3. The number of imidazole rings is 1. The molecule has 1 atom stereocenters. The molecule has 1 aliphatic heterocycles. The molecule has 1 unspecified atom stereocenters. The van der Waals surface area contributed by atoms with Crippen LogP contribution in [0, 0.1) is 0 Å². The molecule has 0 saturated carbocycles. The van der Waals surface area contributed by atoms with Crippen LogP contribution >= 0.6 is 0 Å². The Hall–Kier alpha value is -2.74. The number of halogens is 3. The Labute approximate surface area is 159 Å². The fourth-order valence-electron chi connectivity index (χ4n) is 3.22. The number of fused-ring (bicyclic) bond motifs is 1. The van der Waals surface area contributed by atoms with Gasteiger partial charge in [0.05, 0.1) is 29.8 Å². The zero-order valence-electron chi connectivity index (χ0n) is 15.2. The van der Waals surface area contributed by atoms with Crippen molar-refractivity contribution in [3.05, 3.63) is 42.0 Å². The van der Waals surface area contributed by atoms with Crippen LogP contribution in [0.2, 0.25) is 0 Å². The summed E-state index contributed by atoms with van der Waals surface area (Å²) in [5.41, 5.74) is 0.750. The molecule has 3 aromatic rings. The zero-order valence-corrected chi connectivity index (χ0v) is 15.2. The highest BCUT2D eigenvalue weighted by Gasteiger charge is 2.30. The molecular weight excluding hydrogens is 373 g/mol. The van der Waals surface area contributed by atoms with Gasteiger partial charge in [0.2, 0.25) is 0 Å². The van der Waals surface area contributed by atoms with Crippen molar-refractivity contribution in [2.24, 2.45) is 0 Å². The maximum atomic E-state index is 12.9. The SMILES string of the molecule is COc1cc(-c2nc3ccc(C(F)(F)F)cc3[nH]2)ccc1OCC1CCCO1. The minimum Gasteiger partial charge on any atom is -0.493 e. The molecule has 148 valence electrons. The van der Waals surface area contributed by atoms with Gasteiger partial charge in [-0.05, 0) is 49.2 Å². The Morgan fingerprint density at radius 2 is 2.04 bits per heavy atom. The minimum atomic E-state index is -4.40. The Kier molecular flexibility index (Phi) is 4.89. The topological polar surface area (TPSA) is 56.4 Å². The van der Waals surface area contributed by atoms with Gasteiger partial charge in [-0.25, -0.2) is 4.98 Å². The van der Waals surface area contributed by atoms with E-state index in [9.17, 15) is 13.2 Å². The predicted molar refractivity (Wildman–Crippen MR) is 97.6 cm³/mol. The summed E-state index contributed by atoms with van der Waals surface area (Å²) < 4.78 is 55.5. The summed E-state index contributed by atoms with van der Waals surface area (Å²) in [6.45, 7) is 1.20. The van der Waals surface area contributed by atoms with Crippen LogP contribution in [-0.2, 0) is 10.9 Å². The Morgan fingerprint density at radius 3 is 2.75 bits per heavy atom. The lowest BCUT2D eigenvalue weighted by Crippen LogP contribution is -2.16. The van der Waals surface area contributed by atoms with E-state index in [2.05, 4.69) is 9.97 Å². The van der Waals surface area contributed by atoms with Crippen LogP contribution in [0.4, 0.5) is 13.2 Å². The first-order chi connectivity index (χ1) is 13.4. The second-order valence-corrected chi connectivity index (χ2v) is 6.63. The van der Waals surface area contributed by atoms with Crippen LogP contribution in [0.3, 0.4) is 0 Å². The van der Waals surface area contributed by atoms with Gasteiger partial charge in [0, 0.05) is 12.2 Å². The zero-order chi connectivity index (χ0) is 19.7. The van der Waals surface area contributed by atoms with E-state index in [1.54, 1.807) is 18.2 Å². The lowest BCUT2D eigenvalue weighted by atomic mass is 10.2. The molecule has 2 aromatic carbocycles. The quantitative estimate of drug-likeness (QED) is 0.677. The third kappa shape index (κ3) is 3.77. The highest BCUT2D eigenvalue weighted by Crippen LogP contribution is 2.34. The van der Waals surface area contributed by atoms with E-state index < -0.39 is 11.7 Å². The average Bonchev–Trinajstić information content (AvgIpc) is 3.34. The fraction of sp³-hybridized carbons (Fsp3) is 0.350. The van der Waals surface area contributed by atoms with Gasteiger partial charge in [-0.3, -0.25) is 0 Å². The molecule has 0 bridgehead atoms. The molecule has 1 N–H and O–H groups in total. The molecule has 4 rings (SSSR count). The standard InChI is InChI=1S/C20H19F3N2O3/c1-26-18-9-12(4-7-17(18)28-11-14-3-2-8-27-14)19-24-15-6-5-13(20(21,22)23)10-16(15)25-19/h4-7,9-10,14H,2-3,8,11H2,1H3,(H,24,25). The summed E-state index contributed by atoms with van der Waals surface area (Å²) in [5.74, 6) is 1.56. The van der Waals surface area contributed by atoms with Crippen molar-refractivity contribution < 1.29 is 27.4 Å². The number of hydrogen-bond acceptors (Lipinski definition) is 4. The molecule has 0 spiro atoms. The van der Waals surface area contributed by atoms with Gasteiger partial charge in [0.15, 0.2) is 11.5 Å². The molecule has 5 nitrogen and oxygen atoms in total. The molecular formula is C20H19F3N2O3. The highest BCUT2D eigenvalue weighted by atomic mass is 19.4. The number of aromatic nitrogens is 2. The molecule has 28 heavy (non-hydrogen) atoms. The highest BCUT2D eigenvalue weighted by molar-refractivity contribution is 5.80. The second kappa shape index (κ2) is 7.35. The summed E-state index contributed by atoms with van der Waals surface area (Å²) in [5, 5.41) is 0. The van der Waals surface area contributed by atoms with E-state index in [-0.39, 0.29) is 6.10 Å². The maximum absolute atomic E-state index is 12.9. The number of aromatic amines is 1. The van der Waals surface area contributed by atoms with E-state index in [0.717, 1.165) is 31.6 Å². The fourth-order valence-corrected chi connectivity index (χ4v) is 3.22. The summed E-state index contributed by atoms with van der Waals surface area (Å²) in [6.07, 6.45) is -2.31. The van der Waals surface area contributed by atoms with Gasteiger partial charge >= 0.3 is 6.18 Å². The van der Waals surface area contributed by atoms with Crippen LogP contribution in [0.5, 0.6) is 11.5 Å². The van der Waals surface area contributed by atoms with E-state index in [0.29, 0.717) is 40.5 Å². The first-order valence-corrected chi connectivity index (χ1v) is 8.94. The molecule has 0 radical (unpaired) electrons. The smallest absolute Gasteiger partial charge is 0.416 e. The van der Waals surface area contributed by atoms with Crippen LogP contribution in [0.1, 0.15) is 18.4 Å². The van der Waals surface area contributed by atoms with Crippen LogP contribution in [0.15, 0.2) is 36.4 Å². The first kappa shape index (κ1) is 18.6. The molecule has 0 aliphatic carbocycles. The van der Waals surface area contributed by atoms with Crippen molar-refractivity contribution in [3.8, 4) is 22.9 Å². The van der Waals surface area contributed by atoms with Crippen LogP contribution in [0.25, 0.3) is 22.4 Å². The van der Waals surface area contributed by atoms with E-state index in [1.807, 2.05) is 0 Å². The summed E-state index contributed by atoms with van der Waals surface area (Å²) in [4.78, 5) is 7.33. The number of H-pyrrole nitrogens is 1. The second-order valence-electron chi connectivity index (χ2n) is 6.63. The van der Waals surface area contributed by atoms with E-state index in [1.165, 1.54) is 13.2 Å². The minimum absolute atomic E-state index is 0.0857. The number of benzene rings is 2. The van der Waals surface area contributed by atoms with Gasteiger partial charge in [0.25, 0.3) is 0 Å². The molecule has 1 saturated heterocycles. The largest absolute Gasteiger partial charge is 0.493 e. The number of methoxy groups -OCH3 is 1. The van der Waals surface area contributed by atoms with Crippen molar-refractivity contribution in [3.63, 3.8) is 0 Å².